The molecule has 4 aromatic rings. The van der Waals surface area contributed by atoms with E-state index in [1.54, 1.807) is 42.6 Å². The van der Waals surface area contributed by atoms with Crippen LogP contribution in [0, 0.1) is 0 Å². The lowest BCUT2D eigenvalue weighted by Gasteiger charge is -2.40. The molecule has 0 aliphatic carbocycles. The molecule has 1 fully saturated rings. The van der Waals surface area contributed by atoms with Crippen molar-refractivity contribution in [1.82, 2.24) is 20.8 Å². The van der Waals surface area contributed by atoms with E-state index < -0.39 is 29.6 Å². The third-order valence-electron chi connectivity index (χ3n) is 7.08. The molecular formula is C28H24ClN5O4. The van der Waals surface area contributed by atoms with Crippen LogP contribution in [-0.4, -0.2) is 47.2 Å². The highest BCUT2D eigenvalue weighted by Gasteiger charge is 2.49. The van der Waals surface area contributed by atoms with E-state index in [1.807, 2.05) is 30.3 Å². The predicted molar refractivity (Wildman–Crippen MR) is 142 cm³/mol. The molecule has 192 valence electrons. The zero-order valence-electron chi connectivity index (χ0n) is 20.2. The molecule has 0 saturated carbocycles. The number of ether oxygens (including phenoxy) is 1. The number of benzene rings is 3. The van der Waals surface area contributed by atoms with Gasteiger partial charge in [0.25, 0.3) is 11.8 Å². The molecule has 2 aliphatic heterocycles. The third-order valence-corrected chi connectivity index (χ3v) is 7.32. The molecule has 0 bridgehead atoms. The van der Waals surface area contributed by atoms with E-state index in [4.69, 9.17) is 16.3 Å². The molecule has 3 heterocycles. The molecular weight excluding hydrogens is 506 g/mol. The topological polar surface area (TPSA) is 116 Å². The lowest BCUT2D eigenvalue weighted by atomic mass is 9.89. The first-order chi connectivity index (χ1) is 18.4. The van der Waals surface area contributed by atoms with E-state index in [-0.39, 0.29) is 6.42 Å². The number of rotatable bonds is 5. The van der Waals surface area contributed by atoms with Crippen LogP contribution in [0.25, 0.3) is 10.9 Å². The van der Waals surface area contributed by atoms with Gasteiger partial charge in [0.2, 0.25) is 0 Å². The first kappa shape index (κ1) is 24.1. The number of H-pyrrole nitrogens is 1. The molecule has 2 aliphatic rings. The second-order valence-corrected chi connectivity index (χ2v) is 9.95. The highest BCUT2D eigenvalue weighted by atomic mass is 35.5. The summed E-state index contributed by atoms with van der Waals surface area (Å²) >= 11 is 6.31. The molecule has 6 rings (SSSR count). The van der Waals surface area contributed by atoms with Crippen LogP contribution in [0.3, 0.4) is 0 Å². The minimum atomic E-state index is -1.05. The number of halogens is 1. The Morgan fingerprint density at radius 3 is 2.76 bits per heavy atom. The van der Waals surface area contributed by atoms with Crippen LogP contribution in [0.4, 0.5) is 10.5 Å². The van der Waals surface area contributed by atoms with Crippen molar-refractivity contribution in [2.45, 2.75) is 24.5 Å². The zero-order valence-corrected chi connectivity index (χ0v) is 21.0. The summed E-state index contributed by atoms with van der Waals surface area (Å²) in [5, 5.41) is 14.3. The number of carbonyl (C=O) groups excluding carboxylic acids is 3. The van der Waals surface area contributed by atoms with Crippen molar-refractivity contribution in [3.63, 3.8) is 0 Å². The van der Waals surface area contributed by atoms with E-state index in [2.05, 4.69) is 20.8 Å². The van der Waals surface area contributed by atoms with Gasteiger partial charge in [0.1, 0.15) is 6.04 Å². The van der Waals surface area contributed by atoms with Gasteiger partial charge in [-0.1, -0.05) is 48.0 Å². The molecule has 1 spiro atoms. The Morgan fingerprint density at radius 1 is 1.13 bits per heavy atom. The molecule has 2 unspecified atom stereocenters. The molecule has 9 nitrogen and oxygen atoms in total. The van der Waals surface area contributed by atoms with Crippen molar-refractivity contribution in [3.05, 3.63) is 94.6 Å². The first-order valence-electron chi connectivity index (χ1n) is 12.3. The Bertz CT molecular complexity index is 1550. The van der Waals surface area contributed by atoms with E-state index in [0.717, 1.165) is 15.8 Å². The van der Waals surface area contributed by atoms with Gasteiger partial charge in [-0.05, 0) is 42.4 Å². The number of nitrogens with zero attached hydrogens (tertiary/aromatic N) is 2. The molecule has 2 atom stereocenters. The molecule has 38 heavy (non-hydrogen) atoms. The highest BCUT2D eigenvalue weighted by Crippen LogP contribution is 2.44. The summed E-state index contributed by atoms with van der Waals surface area (Å²) in [5.41, 5.74) is 2.06. The largest absolute Gasteiger partial charge is 0.436 e. The fourth-order valence-electron chi connectivity index (χ4n) is 5.15. The Hall–Kier alpha value is -4.21. The van der Waals surface area contributed by atoms with Crippen LogP contribution in [0.5, 0.6) is 0 Å². The molecule has 3 N–H and O–H groups in total. The van der Waals surface area contributed by atoms with Gasteiger partial charge in [-0.2, -0.15) is 5.10 Å². The first-order valence-corrected chi connectivity index (χ1v) is 12.7. The van der Waals surface area contributed by atoms with Gasteiger partial charge in [-0.3, -0.25) is 14.7 Å². The van der Waals surface area contributed by atoms with Crippen LogP contribution in [0.1, 0.15) is 27.9 Å². The summed E-state index contributed by atoms with van der Waals surface area (Å²) in [6.07, 6.45) is 1.63. The van der Waals surface area contributed by atoms with Crippen molar-refractivity contribution in [3.8, 4) is 0 Å². The van der Waals surface area contributed by atoms with Gasteiger partial charge < -0.3 is 15.4 Å². The van der Waals surface area contributed by atoms with E-state index in [1.165, 1.54) is 0 Å². The van der Waals surface area contributed by atoms with Gasteiger partial charge in [0.05, 0.1) is 17.4 Å². The standard InChI is InChI=1S/C28H24ClN5O4/c29-20-8-9-24-21(14-20)28(10-11-30-16-28)38-27(37)34(24)26(36)23(12-17-4-2-1-3-5-17)32-25(35)18-6-7-19-15-31-33-22(19)13-18/h1-9,13-15,23,30H,10-12,16H2,(H,31,33)(H,32,35). The van der Waals surface area contributed by atoms with Gasteiger partial charge in [0.15, 0.2) is 5.60 Å². The average molecular weight is 530 g/mol. The smallest absolute Gasteiger partial charge is 0.422 e. The Morgan fingerprint density at radius 2 is 1.97 bits per heavy atom. The second kappa shape index (κ2) is 9.59. The van der Waals surface area contributed by atoms with Crippen molar-refractivity contribution in [1.29, 1.82) is 0 Å². The monoisotopic (exact) mass is 529 g/mol. The average Bonchev–Trinajstić information content (AvgIpc) is 3.59. The van der Waals surface area contributed by atoms with Gasteiger partial charge in [-0.25, -0.2) is 9.69 Å². The number of fused-ring (bicyclic) bond motifs is 3. The number of imide groups is 1. The summed E-state index contributed by atoms with van der Waals surface area (Å²) in [6, 6.07) is 18.4. The summed E-state index contributed by atoms with van der Waals surface area (Å²) in [4.78, 5) is 41.8. The molecule has 3 amide bonds. The third kappa shape index (κ3) is 4.29. The van der Waals surface area contributed by atoms with Crippen LogP contribution < -0.4 is 15.5 Å². The van der Waals surface area contributed by atoms with Crippen molar-refractivity contribution < 1.29 is 19.1 Å². The minimum Gasteiger partial charge on any atom is -0.436 e. The number of aromatic nitrogens is 2. The maximum absolute atomic E-state index is 14.0. The minimum absolute atomic E-state index is 0.178. The van der Waals surface area contributed by atoms with Crippen LogP contribution >= 0.6 is 11.6 Å². The lowest BCUT2D eigenvalue weighted by Crippen LogP contribution is -2.56. The van der Waals surface area contributed by atoms with Crippen LogP contribution in [-0.2, 0) is 21.6 Å². The number of anilines is 1. The van der Waals surface area contributed by atoms with Gasteiger partial charge in [0, 0.05) is 40.9 Å². The van der Waals surface area contributed by atoms with Crippen molar-refractivity contribution in [2.24, 2.45) is 0 Å². The van der Waals surface area contributed by atoms with Crippen LogP contribution in [0.15, 0.2) is 72.9 Å². The number of carbonyl (C=O) groups is 3. The van der Waals surface area contributed by atoms with Gasteiger partial charge >= 0.3 is 6.09 Å². The summed E-state index contributed by atoms with van der Waals surface area (Å²) in [5.74, 6) is -1.05. The highest BCUT2D eigenvalue weighted by molar-refractivity contribution is 6.31. The Labute approximate surface area is 223 Å². The molecule has 1 saturated heterocycles. The Balaban J connectivity index is 1.36. The maximum Gasteiger partial charge on any atom is 0.422 e. The SMILES string of the molecule is O=C(NC(Cc1ccccc1)C(=O)N1C(=O)OC2(CCNC2)c2cc(Cl)ccc21)c1ccc2cn[nH]c2c1. The summed E-state index contributed by atoms with van der Waals surface area (Å²) in [6.45, 7) is 1.09. The second-order valence-electron chi connectivity index (χ2n) is 9.51. The predicted octanol–water partition coefficient (Wildman–Crippen LogP) is 3.93. The maximum atomic E-state index is 14.0. The number of nitrogens with one attached hydrogen (secondary N) is 3. The molecule has 0 radical (unpaired) electrons. The fourth-order valence-corrected chi connectivity index (χ4v) is 5.33. The van der Waals surface area contributed by atoms with Crippen molar-refractivity contribution >= 4 is 46.1 Å². The zero-order chi connectivity index (χ0) is 26.3. The van der Waals surface area contributed by atoms with Crippen molar-refractivity contribution in [2.75, 3.05) is 18.0 Å². The molecule has 10 heteroatoms. The number of hydrogen-bond acceptors (Lipinski definition) is 6. The quantitative estimate of drug-likeness (QED) is 0.361. The number of hydrogen-bond donors (Lipinski definition) is 3. The summed E-state index contributed by atoms with van der Waals surface area (Å²) < 4.78 is 5.90. The van der Waals surface area contributed by atoms with Crippen LogP contribution in [0.2, 0.25) is 5.02 Å². The molecule has 3 aromatic carbocycles. The molecule has 1 aromatic heterocycles. The van der Waals surface area contributed by atoms with E-state index in [9.17, 15) is 14.4 Å². The lowest BCUT2D eigenvalue weighted by molar-refractivity contribution is -0.120. The normalized spacial score (nSPS) is 19.3. The fraction of sp³-hybridized carbons (Fsp3) is 0.214. The van der Waals surface area contributed by atoms with E-state index >= 15 is 0 Å². The van der Waals surface area contributed by atoms with E-state index in [0.29, 0.717) is 46.9 Å². The van der Waals surface area contributed by atoms with Gasteiger partial charge in [-0.15, -0.1) is 0 Å². The Kier molecular flexibility index (Phi) is 6.09. The number of aromatic amines is 1. The number of amides is 3. The summed E-state index contributed by atoms with van der Waals surface area (Å²) in [7, 11) is 0.